The molecule has 0 saturated heterocycles. The van der Waals surface area contributed by atoms with E-state index in [2.05, 4.69) is 9.88 Å². The summed E-state index contributed by atoms with van der Waals surface area (Å²) in [6.07, 6.45) is 2.02. The molecule has 1 aliphatic heterocycles. The molecule has 0 saturated carbocycles. The van der Waals surface area contributed by atoms with Gasteiger partial charge in [0.2, 0.25) is 0 Å². The average Bonchev–Trinajstić information content (AvgIpc) is 3.17. The zero-order valence-corrected chi connectivity index (χ0v) is 16.7. The molecule has 3 aromatic rings. The standard InChI is InChI=1S/C21H19Cl2N3O2/c1-28-16-7-5-15(6-8-16)24-21(27)26-12-11-25-10-2-3-19(25)20(26)17-9-4-14(22)13-18(17)23/h2-10,13,20H,11-12H2,1H3,(H,24,27). The lowest BCUT2D eigenvalue weighted by atomic mass is 10.00. The van der Waals surface area contributed by atoms with Gasteiger partial charge in [0.1, 0.15) is 11.8 Å². The molecular formula is C21H19Cl2N3O2. The normalized spacial score (nSPS) is 15.8. The summed E-state index contributed by atoms with van der Waals surface area (Å²) in [5, 5.41) is 4.07. The van der Waals surface area contributed by atoms with E-state index in [4.69, 9.17) is 27.9 Å². The van der Waals surface area contributed by atoms with Crippen LogP contribution in [-0.2, 0) is 6.54 Å². The van der Waals surface area contributed by atoms with E-state index in [1.54, 1.807) is 24.1 Å². The summed E-state index contributed by atoms with van der Waals surface area (Å²) in [5.74, 6) is 0.736. The van der Waals surface area contributed by atoms with Crippen LogP contribution in [0.1, 0.15) is 17.3 Å². The van der Waals surface area contributed by atoms with E-state index < -0.39 is 0 Å². The molecule has 1 unspecified atom stereocenters. The molecule has 28 heavy (non-hydrogen) atoms. The van der Waals surface area contributed by atoms with E-state index in [1.807, 2.05) is 48.7 Å². The van der Waals surface area contributed by atoms with Crippen LogP contribution in [0, 0.1) is 0 Å². The van der Waals surface area contributed by atoms with Gasteiger partial charge in [0.15, 0.2) is 0 Å². The second-order valence-electron chi connectivity index (χ2n) is 6.55. The Morgan fingerprint density at radius 3 is 2.61 bits per heavy atom. The largest absolute Gasteiger partial charge is 0.497 e. The Balaban J connectivity index is 1.67. The second kappa shape index (κ2) is 7.78. The van der Waals surface area contributed by atoms with Crippen molar-refractivity contribution in [1.82, 2.24) is 9.47 Å². The quantitative estimate of drug-likeness (QED) is 0.618. The highest BCUT2D eigenvalue weighted by atomic mass is 35.5. The Morgan fingerprint density at radius 2 is 1.89 bits per heavy atom. The number of carbonyl (C=O) groups excluding carboxylic acids is 1. The molecule has 7 heteroatoms. The number of amides is 2. The van der Waals surface area contributed by atoms with E-state index in [9.17, 15) is 4.79 Å². The summed E-state index contributed by atoms with van der Waals surface area (Å²) in [4.78, 5) is 14.9. The van der Waals surface area contributed by atoms with E-state index in [0.29, 0.717) is 22.3 Å². The van der Waals surface area contributed by atoms with Gasteiger partial charge in [-0.05, 0) is 54.1 Å². The molecule has 1 aromatic heterocycles. The second-order valence-corrected chi connectivity index (χ2v) is 7.39. The van der Waals surface area contributed by atoms with Gasteiger partial charge in [0, 0.05) is 40.7 Å². The summed E-state index contributed by atoms with van der Waals surface area (Å²) < 4.78 is 7.31. The van der Waals surface area contributed by atoms with Crippen molar-refractivity contribution in [2.24, 2.45) is 0 Å². The number of halogens is 2. The first kappa shape index (κ1) is 18.7. The summed E-state index contributed by atoms with van der Waals surface area (Å²) in [6.45, 7) is 1.29. The third-order valence-electron chi connectivity index (χ3n) is 4.90. The number of rotatable bonds is 3. The highest BCUT2D eigenvalue weighted by Gasteiger charge is 2.33. The molecule has 1 N–H and O–H groups in total. The van der Waals surface area contributed by atoms with Crippen molar-refractivity contribution in [2.75, 3.05) is 19.0 Å². The lowest BCUT2D eigenvalue weighted by molar-refractivity contribution is 0.182. The summed E-state index contributed by atoms with van der Waals surface area (Å²) in [6, 6.07) is 16.1. The van der Waals surface area contributed by atoms with Gasteiger partial charge in [-0.2, -0.15) is 0 Å². The van der Waals surface area contributed by atoms with Crippen molar-refractivity contribution < 1.29 is 9.53 Å². The molecular weight excluding hydrogens is 397 g/mol. The number of methoxy groups -OCH3 is 1. The van der Waals surface area contributed by atoms with Crippen LogP contribution >= 0.6 is 23.2 Å². The van der Waals surface area contributed by atoms with Crippen molar-refractivity contribution >= 4 is 34.9 Å². The van der Waals surface area contributed by atoms with Crippen LogP contribution in [0.5, 0.6) is 5.75 Å². The number of nitrogens with zero attached hydrogens (tertiary/aromatic N) is 2. The van der Waals surface area contributed by atoms with Crippen LogP contribution in [0.15, 0.2) is 60.8 Å². The molecule has 4 rings (SSSR count). The number of benzene rings is 2. The molecule has 2 amide bonds. The van der Waals surface area contributed by atoms with Crippen molar-refractivity contribution in [2.45, 2.75) is 12.6 Å². The number of hydrogen-bond donors (Lipinski definition) is 1. The van der Waals surface area contributed by atoms with Gasteiger partial charge in [-0.1, -0.05) is 29.3 Å². The van der Waals surface area contributed by atoms with E-state index >= 15 is 0 Å². The molecule has 5 nitrogen and oxygen atoms in total. The van der Waals surface area contributed by atoms with Gasteiger partial charge in [-0.3, -0.25) is 0 Å². The van der Waals surface area contributed by atoms with E-state index in [0.717, 1.165) is 23.6 Å². The maximum atomic E-state index is 13.1. The van der Waals surface area contributed by atoms with Crippen molar-refractivity contribution in [1.29, 1.82) is 0 Å². The number of ether oxygens (including phenoxy) is 1. The number of carbonyl (C=O) groups is 1. The Morgan fingerprint density at radius 1 is 1.11 bits per heavy atom. The minimum atomic E-state index is -0.299. The zero-order valence-electron chi connectivity index (χ0n) is 15.2. The summed E-state index contributed by atoms with van der Waals surface area (Å²) in [5.41, 5.74) is 2.56. The number of anilines is 1. The maximum Gasteiger partial charge on any atom is 0.322 e. The highest BCUT2D eigenvalue weighted by molar-refractivity contribution is 6.35. The van der Waals surface area contributed by atoms with Crippen molar-refractivity contribution in [3.8, 4) is 5.75 Å². The number of urea groups is 1. The molecule has 0 fully saturated rings. The predicted octanol–water partition coefficient (Wildman–Crippen LogP) is 5.44. The fourth-order valence-corrected chi connectivity index (χ4v) is 4.03. The van der Waals surface area contributed by atoms with Crippen LogP contribution in [0.4, 0.5) is 10.5 Å². The third-order valence-corrected chi connectivity index (χ3v) is 5.46. The van der Waals surface area contributed by atoms with Gasteiger partial charge in [0.05, 0.1) is 7.11 Å². The van der Waals surface area contributed by atoms with Gasteiger partial charge in [0.25, 0.3) is 0 Å². The van der Waals surface area contributed by atoms with E-state index in [-0.39, 0.29) is 12.1 Å². The molecule has 0 spiro atoms. The van der Waals surface area contributed by atoms with Crippen LogP contribution in [0.3, 0.4) is 0 Å². The van der Waals surface area contributed by atoms with Crippen LogP contribution in [0.2, 0.25) is 10.0 Å². The topological polar surface area (TPSA) is 46.5 Å². The van der Waals surface area contributed by atoms with Crippen LogP contribution < -0.4 is 10.1 Å². The molecule has 2 aromatic carbocycles. The first-order chi connectivity index (χ1) is 13.6. The maximum absolute atomic E-state index is 13.1. The molecule has 2 heterocycles. The molecule has 1 aliphatic rings. The Hall–Kier alpha value is -2.63. The van der Waals surface area contributed by atoms with E-state index in [1.165, 1.54) is 0 Å². The molecule has 0 aliphatic carbocycles. The first-order valence-corrected chi connectivity index (χ1v) is 9.64. The van der Waals surface area contributed by atoms with Gasteiger partial charge < -0.3 is 19.5 Å². The molecule has 1 atom stereocenters. The Labute approximate surface area is 173 Å². The third kappa shape index (κ3) is 3.55. The lowest BCUT2D eigenvalue weighted by Gasteiger charge is -2.37. The SMILES string of the molecule is COc1ccc(NC(=O)N2CCn3cccc3C2c2ccc(Cl)cc2Cl)cc1. The number of nitrogens with one attached hydrogen (secondary N) is 1. The number of fused-ring (bicyclic) bond motifs is 1. The summed E-state index contributed by atoms with van der Waals surface area (Å²) >= 11 is 12.6. The van der Waals surface area contributed by atoms with Gasteiger partial charge >= 0.3 is 6.03 Å². The fraction of sp³-hybridized carbons (Fsp3) is 0.190. The highest BCUT2D eigenvalue weighted by Crippen LogP contribution is 2.37. The zero-order chi connectivity index (χ0) is 19.7. The first-order valence-electron chi connectivity index (χ1n) is 8.88. The summed E-state index contributed by atoms with van der Waals surface area (Å²) in [7, 11) is 1.61. The average molecular weight is 416 g/mol. The van der Waals surface area contributed by atoms with Crippen LogP contribution in [-0.4, -0.2) is 29.2 Å². The fourth-order valence-electron chi connectivity index (χ4n) is 3.52. The van der Waals surface area contributed by atoms with Crippen LogP contribution in [0.25, 0.3) is 0 Å². The van der Waals surface area contributed by atoms with Crippen molar-refractivity contribution in [3.63, 3.8) is 0 Å². The molecule has 144 valence electrons. The minimum Gasteiger partial charge on any atom is -0.497 e. The lowest BCUT2D eigenvalue weighted by Crippen LogP contribution is -2.44. The minimum absolute atomic E-state index is 0.186. The Kier molecular flexibility index (Phi) is 5.20. The van der Waals surface area contributed by atoms with Gasteiger partial charge in [-0.15, -0.1) is 0 Å². The monoisotopic (exact) mass is 415 g/mol. The number of hydrogen-bond acceptors (Lipinski definition) is 2. The van der Waals surface area contributed by atoms with Crippen molar-refractivity contribution in [3.05, 3.63) is 82.1 Å². The smallest absolute Gasteiger partial charge is 0.322 e. The molecule has 0 bridgehead atoms. The molecule has 0 radical (unpaired) electrons. The number of aromatic nitrogens is 1. The predicted molar refractivity (Wildman–Crippen MR) is 111 cm³/mol. The Bertz CT molecular complexity index is 1000. The van der Waals surface area contributed by atoms with Gasteiger partial charge in [-0.25, -0.2) is 4.79 Å².